The maximum atomic E-state index is 12.3. The number of H-pyrrole nitrogens is 1. The molecule has 3 rings (SSSR count). The molecule has 0 aliphatic rings. The van der Waals surface area contributed by atoms with Crippen LogP contribution < -0.4 is 5.32 Å². The largest absolute Gasteiger partial charge is 0.360 e. The Morgan fingerprint density at radius 2 is 2.42 bits per heavy atom. The van der Waals surface area contributed by atoms with Crippen molar-refractivity contribution in [3.63, 3.8) is 0 Å². The molecule has 0 spiro atoms. The summed E-state index contributed by atoms with van der Waals surface area (Å²) in [6, 6.07) is 5.75. The van der Waals surface area contributed by atoms with E-state index < -0.39 is 0 Å². The van der Waals surface area contributed by atoms with Crippen molar-refractivity contribution in [1.82, 2.24) is 20.3 Å². The molecule has 3 heterocycles. The number of carbonyl (C=O) groups is 1. The molecule has 126 valence electrons. The van der Waals surface area contributed by atoms with Gasteiger partial charge < -0.3 is 9.84 Å². The Kier molecular flexibility index (Phi) is 5.31. The van der Waals surface area contributed by atoms with E-state index in [9.17, 15) is 4.79 Å². The summed E-state index contributed by atoms with van der Waals surface area (Å²) >= 11 is 3.01. The van der Waals surface area contributed by atoms with Crippen molar-refractivity contribution >= 4 is 34.8 Å². The molecule has 0 saturated carbocycles. The number of amides is 1. The lowest BCUT2D eigenvalue weighted by atomic mass is 10.3. The molecule has 2 N–H and O–H groups in total. The van der Waals surface area contributed by atoms with Gasteiger partial charge in [-0.25, -0.2) is 4.98 Å². The molecular weight excluding hydrogens is 346 g/mol. The number of rotatable bonds is 7. The predicted molar refractivity (Wildman–Crippen MR) is 93.3 cm³/mol. The van der Waals surface area contributed by atoms with Crippen molar-refractivity contribution in [3.8, 4) is 0 Å². The SMILES string of the molecule is CC[C@H](Sc1n[nH]c(Cc2cccs2)n1)C(=O)Nc1cc(C)on1. The minimum absolute atomic E-state index is 0.139. The van der Waals surface area contributed by atoms with Crippen LogP contribution in [0.5, 0.6) is 0 Å². The van der Waals surface area contributed by atoms with Crippen LogP contribution in [0.25, 0.3) is 0 Å². The van der Waals surface area contributed by atoms with E-state index in [-0.39, 0.29) is 11.2 Å². The molecule has 1 atom stereocenters. The third kappa shape index (κ3) is 4.24. The number of nitrogens with one attached hydrogen (secondary N) is 2. The van der Waals surface area contributed by atoms with Gasteiger partial charge in [0, 0.05) is 17.4 Å². The molecule has 0 aromatic carbocycles. The van der Waals surface area contributed by atoms with Crippen LogP contribution in [0.3, 0.4) is 0 Å². The van der Waals surface area contributed by atoms with Gasteiger partial charge in [-0.3, -0.25) is 9.89 Å². The third-order valence-corrected chi connectivity index (χ3v) is 5.32. The number of aromatic nitrogens is 4. The van der Waals surface area contributed by atoms with Crippen LogP contribution in [-0.4, -0.2) is 31.5 Å². The van der Waals surface area contributed by atoms with Crippen LogP contribution in [0.1, 0.15) is 29.8 Å². The molecule has 0 aliphatic carbocycles. The first-order valence-corrected chi connectivity index (χ1v) is 9.24. The number of hydrogen-bond donors (Lipinski definition) is 2. The standard InChI is InChI=1S/C15H17N5O2S2/c1-3-11(14(21)16-13-7-9(2)22-20-13)24-15-17-12(18-19-15)8-10-5-4-6-23-10/h4-7,11H,3,8H2,1-2H3,(H,16,20,21)(H,17,18,19)/t11-/m0/s1. The number of anilines is 1. The highest BCUT2D eigenvalue weighted by molar-refractivity contribution is 8.00. The number of aryl methyl sites for hydroxylation is 1. The molecule has 24 heavy (non-hydrogen) atoms. The zero-order valence-corrected chi connectivity index (χ0v) is 14.9. The zero-order valence-electron chi connectivity index (χ0n) is 13.3. The molecule has 0 radical (unpaired) electrons. The average Bonchev–Trinajstić information content (AvgIpc) is 3.29. The molecule has 3 aromatic heterocycles. The first-order valence-electron chi connectivity index (χ1n) is 7.48. The zero-order chi connectivity index (χ0) is 16.9. The van der Waals surface area contributed by atoms with Gasteiger partial charge in [-0.15, -0.1) is 16.4 Å². The van der Waals surface area contributed by atoms with E-state index >= 15 is 0 Å². The topological polar surface area (TPSA) is 96.7 Å². The molecule has 0 bridgehead atoms. The molecule has 1 amide bonds. The monoisotopic (exact) mass is 363 g/mol. The third-order valence-electron chi connectivity index (χ3n) is 3.22. The maximum Gasteiger partial charge on any atom is 0.239 e. The molecule has 0 unspecified atom stereocenters. The van der Waals surface area contributed by atoms with Crippen LogP contribution in [-0.2, 0) is 11.2 Å². The minimum atomic E-state index is -0.299. The van der Waals surface area contributed by atoms with E-state index in [0.29, 0.717) is 29.6 Å². The Bertz CT molecular complexity index is 797. The second kappa shape index (κ2) is 7.63. The van der Waals surface area contributed by atoms with Gasteiger partial charge >= 0.3 is 0 Å². The first-order chi connectivity index (χ1) is 11.6. The van der Waals surface area contributed by atoms with E-state index in [1.807, 2.05) is 18.4 Å². The van der Waals surface area contributed by atoms with E-state index in [2.05, 4.69) is 31.7 Å². The van der Waals surface area contributed by atoms with Gasteiger partial charge in [-0.1, -0.05) is 29.9 Å². The summed E-state index contributed by atoms with van der Waals surface area (Å²) < 4.78 is 4.95. The van der Waals surface area contributed by atoms with Gasteiger partial charge in [0.25, 0.3) is 0 Å². The van der Waals surface area contributed by atoms with Gasteiger partial charge in [-0.05, 0) is 24.8 Å². The second-order valence-electron chi connectivity index (χ2n) is 5.15. The lowest BCUT2D eigenvalue weighted by molar-refractivity contribution is -0.115. The van der Waals surface area contributed by atoms with Crippen LogP contribution in [0.2, 0.25) is 0 Å². The normalized spacial score (nSPS) is 12.2. The minimum Gasteiger partial charge on any atom is -0.360 e. The van der Waals surface area contributed by atoms with Crippen LogP contribution in [0.4, 0.5) is 5.82 Å². The highest BCUT2D eigenvalue weighted by Gasteiger charge is 2.21. The summed E-state index contributed by atoms with van der Waals surface area (Å²) in [5, 5.41) is 16.0. The fraction of sp³-hybridized carbons (Fsp3) is 0.333. The average molecular weight is 363 g/mol. The Labute approximate surface area is 147 Å². The summed E-state index contributed by atoms with van der Waals surface area (Å²) in [7, 11) is 0. The highest BCUT2D eigenvalue weighted by atomic mass is 32.2. The van der Waals surface area contributed by atoms with Gasteiger partial charge in [0.05, 0.1) is 5.25 Å². The fourth-order valence-electron chi connectivity index (χ4n) is 2.07. The number of thiophene rings is 1. The van der Waals surface area contributed by atoms with Gasteiger partial charge in [0.2, 0.25) is 11.1 Å². The Morgan fingerprint density at radius 3 is 3.08 bits per heavy atom. The molecular formula is C15H17N5O2S2. The molecule has 0 saturated heterocycles. The van der Waals surface area contributed by atoms with Crippen molar-refractivity contribution < 1.29 is 9.32 Å². The Morgan fingerprint density at radius 1 is 1.54 bits per heavy atom. The summed E-state index contributed by atoms with van der Waals surface area (Å²) in [5.74, 6) is 1.73. The summed E-state index contributed by atoms with van der Waals surface area (Å²) in [6.07, 6.45) is 1.37. The smallest absolute Gasteiger partial charge is 0.239 e. The van der Waals surface area contributed by atoms with E-state index in [1.54, 1.807) is 24.3 Å². The van der Waals surface area contributed by atoms with Crippen LogP contribution in [0, 0.1) is 6.92 Å². The number of hydrogen-bond acceptors (Lipinski definition) is 7. The quantitative estimate of drug-likeness (QED) is 0.625. The molecule has 9 heteroatoms. The van der Waals surface area contributed by atoms with Crippen molar-refractivity contribution in [1.29, 1.82) is 0 Å². The van der Waals surface area contributed by atoms with E-state index in [4.69, 9.17) is 4.52 Å². The number of carbonyl (C=O) groups excluding carboxylic acids is 1. The van der Waals surface area contributed by atoms with Crippen LogP contribution >= 0.6 is 23.1 Å². The fourth-order valence-corrected chi connectivity index (χ4v) is 3.63. The van der Waals surface area contributed by atoms with Gasteiger partial charge in [-0.2, -0.15) is 0 Å². The maximum absolute atomic E-state index is 12.3. The molecule has 7 nitrogen and oxygen atoms in total. The molecule has 0 aliphatic heterocycles. The lowest BCUT2D eigenvalue weighted by Gasteiger charge is -2.10. The van der Waals surface area contributed by atoms with Gasteiger partial charge in [0.15, 0.2) is 5.82 Å². The Hall–Kier alpha value is -2.13. The van der Waals surface area contributed by atoms with Crippen molar-refractivity contribution in [2.24, 2.45) is 0 Å². The number of thioether (sulfide) groups is 1. The second-order valence-corrected chi connectivity index (χ2v) is 7.35. The predicted octanol–water partition coefficient (Wildman–Crippen LogP) is 3.26. The van der Waals surface area contributed by atoms with Crippen molar-refractivity contribution in [2.45, 2.75) is 37.1 Å². The summed E-state index contributed by atoms with van der Waals surface area (Å²) in [4.78, 5) is 18.0. The van der Waals surface area contributed by atoms with Crippen molar-refractivity contribution in [3.05, 3.63) is 40.0 Å². The first kappa shape index (κ1) is 16.7. The van der Waals surface area contributed by atoms with Gasteiger partial charge in [0.1, 0.15) is 11.6 Å². The van der Waals surface area contributed by atoms with Crippen molar-refractivity contribution in [2.75, 3.05) is 5.32 Å². The van der Waals surface area contributed by atoms with Crippen LogP contribution in [0.15, 0.2) is 33.3 Å². The summed E-state index contributed by atoms with van der Waals surface area (Å²) in [5.41, 5.74) is 0. The molecule has 3 aromatic rings. The lowest BCUT2D eigenvalue weighted by Crippen LogP contribution is -2.24. The number of aromatic amines is 1. The molecule has 0 fully saturated rings. The highest BCUT2D eigenvalue weighted by Crippen LogP contribution is 2.24. The van der Waals surface area contributed by atoms with E-state index in [1.165, 1.54) is 16.6 Å². The Balaban J connectivity index is 1.60. The van der Waals surface area contributed by atoms with E-state index in [0.717, 1.165) is 5.82 Å². The summed E-state index contributed by atoms with van der Waals surface area (Å²) in [6.45, 7) is 3.72. The number of nitrogens with zero attached hydrogens (tertiary/aromatic N) is 3.